The van der Waals surface area contributed by atoms with E-state index in [4.69, 9.17) is 0 Å². The van der Waals surface area contributed by atoms with Crippen LogP contribution in [-0.4, -0.2) is 11.2 Å². The van der Waals surface area contributed by atoms with Crippen molar-refractivity contribution in [2.24, 2.45) is 17.3 Å². The van der Waals surface area contributed by atoms with Gasteiger partial charge in [-0.2, -0.15) is 0 Å². The Hall–Kier alpha value is -0.0400. The minimum atomic E-state index is 0.00806. The fourth-order valence-corrected chi connectivity index (χ4v) is 3.41. The summed E-state index contributed by atoms with van der Waals surface area (Å²) in [6.45, 7) is 4.75. The van der Waals surface area contributed by atoms with Crippen LogP contribution in [0.1, 0.15) is 46.0 Å². The van der Waals surface area contributed by atoms with E-state index in [1.165, 1.54) is 25.7 Å². The molecule has 0 heterocycles. The quantitative estimate of drug-likeness (QED) is 0.589. The Balaban J connectivity index is 2.20. The van der Waals surface area contributed by atoms with Crippen LogP contribution in [0.5, 0.6) is 0 Å². The second-order valence-corrected chi connectivity index (χ2v) is 5.05. The van der Waals surface area contributed by atoms with Crippen LogP contribution in [0.2, 0.25) is 0 Å². The molecule has 2 saturated carbocycles. The van der Waals surface area contributed by atoms with Crippen molar-refractivity contribution in [3.05, 3.63) is 0 Å². The van der Waals surface area contributed by atoms with Gasteiger partial charge in [0.1, 0.15) is 0 Å². The lowest BCUT2D eigenvalue weighted by molar-refractivity contribution is -0.0137. The molecule has 0 spiro atoms. The average Bonchev–Trinajstić information content (AvgIpc) is 2.30. The molecule has 0 aliphatic heterocycles. The summed E-state index contributed by atoms with van der Waals surface area (Å²) in [7, 11) is 0. The molecule has 0 saturated heterocycles. The summed E-state index contributed by atoms with van der Waals surface area (Å²) in [4.78, 5) is 0. The molecule has 70 valence electrons. The Morgan fingerprint density at radius 1 is 1.25 bits per heavy atom. The van der Waals surface area contributed by atoms with Crippen LogP contribution < -0.4 is 0 Å². The molecule has 0 aromatic carbocycles. The number of aliphatic hydroxyl groups is 1. The van der Waals surface area contributed by atoms with Crippen molar-refractivity contribution in [1.82, 2.24) is 0 Å². The molecule has 12 heavy (non-hydrogen) atoms. The Morgan fingerprint density at radius 3 is 2.67 bits per heavy atom. The molecular formula is C11H20O. The first-order chi connectivity index (χ1) is 5.64. The van der Waals surface area contributed by atoms with E-state index in [9.17, 15) is 5.11 Å². The van der Waals surface area contributed by atoms with Gasteiger partial charge >= 0.3 is 0 Å². The zero-order valence-corrected chi connectivity index (χ0v) is 8.21. The van der Waals surface area contributed by atoms with Crippen LogP contribution in [-0.2, 0) is 0 Å². The lowest BCUT2D eigenvalue weighted by atomic mass is 9.65. The van der Waals surface area contributed by atoms with E-state index in [0.29, 0.717) is 11.3 Å². The van der Waals surface area contributed by atoms with Crippen molar-refractivity contribution in [3.8, 4) is 0 Å². The molecule has 0 radical (unpaired) electrons. The van der Waals surface area contributed by atoms with Crippen molar-refractivity contribution in [3.63, 3.8) is 0 Å². The highest BCUT2D eigenvalue weighted by Crippen LogP contribution is 2.55. The fourth-order valence-electron chi connectivity index (χ4n) is 3.41. The molecule has 0 aromatic heterocycles. The summed E-state index contributed by atoms with van der Waals surface area (Å²) in [6, 6.07) is 0. The van der Waals surface area contributed by atoms with E-state index in [2.05, 4.69) is 13.8 Å². The van der Waals surface area contributed by atoms with Gasteiger partial charge in [0.25, 0.3) is 0 Å². The third-order valence-corrected chi connectivity index (χ3v) is 4.56. The number of rotatable bonds is 0. The van der Waals surface area contributed by atoms with E-state index < -0.39 is 0 Å². The van der Waals surface area contributed by atoms with Crippen LogP contribution in [0.15, 0.2) is 0 Å². The van der Waals surface area contributed by atoms with Gasteiger partial charge in [0, 0.05) is 0 Å². The Labute approximate surface area is 75.2 Å². The Kier molecular flexibility index (Phi) is 1.95. The van der Waals surface area contributed by atoms with Gasteiger partial charge in [-0.15, -0.1) is 0 Å². The minimum absolute atomic E-state index is 0.00806. The molecule has 2 rings (SSSR count). The topological polar surface area (TPSA) is 20.2 Å². The lowest BCUT2D eigenvalue weighted by Gasteiger charge is -2.42. The summed E-state index contributed by atoms with van der Waals surface area (Å²) >= 11 is 0. The Bertz CT molecular complexity index is 178. The van der Waals surface area contributed by atoms with Crippen LogP contribution >= 0.6 is 0 Å². The number of aliphatic hydroxyl groups excluding tert-OH is 1. The molecule has 3 unspecified atom stereocenters. The average molecular weight is 168 g/mol. The molecule has 2 aliphatic rings. The molecule has 2 aliphatic carbocycles. The Morgan fingerprint density at radius 2 is 2.00 bits per heavy atom. The van der Waals surface area contributed by atoms with Gasteiger partial charge in [-0.1, -0.05) is 20.3 Å². The molecule has 1 heteroatoms. The summed E-state index contributed by atoms with van der Waals surface area (Å²) in [5, 5.41) is 9.86. The van der Waals surface area contributed by atoms with E-state index in [1.54, 1.807) is 0 Å². The first-order valence-electron chi connectivity index (χ1n) is 5.32. The zero-order chi connectivity index (χ0) is 8.77. The number of fused-ring (bicyclic) bond motifs is 1. The maximum Gasteiger partial charge on any atom is 0.0573 e. The first-order valence-corrected chi connectivity index (χ1v) is 5.32. The molecule has 0 aromatic rings. The molecule has 4 atom stereocenters. The summed E-state index contributed by atoms with van der Waals surface area (Å²) in [6.07, 6.45) is 6.23. The van der Waals surface area contributed by atoms with Gasteiger partial charge in [0.2, 0.25) is 0 Å². The monoisotopic (exact) mass is 168 g/mol. The van der Waals surface area contributed by atoms with Crippen molar-refractivity contribution in [1.29, 1.82) is 0 Å². The normalized spacial score (nSPS) is 53.8. The lowest BCUT2D eigenvalue weighted by Crippen LogP contribution is -2.38. The van der Waals surface area contributed by atoms with Gasteiger partial charge in [-0.05, 0) is 42.9 Å². The largest absolute Gasteiger partial charge is 0.393 e. The molecule has 0 bridgehead atoms. The molecule has 1 N–H and O–H groups in total. The predicted molar refractivity (Wildman–Crippen MR) is 49.9 cm³/mol. The zero-order valence-electron chi connectivity index (χ0n) is 8.21. The number of hydrogen-bond donors (Lipinski definition) is 1. The second-order valence-electron chi connectivity index (χ2n) is 5.05. The van der Waals surface area contributed by atoms with Crippen LogP contribution in [0, 0.1) is 17.3 Å². The van der Waals surface area contributed by atoms with Crippen molar-refractivity contribution < 1.29 is 5.11 Å². The van der Waals surface area contributed by atoms with Crippen LogP contribution in [0.4, 0.5) is 0 Å². The molecular weight excluding hydrogens is 148 g/mol. The minimum Gasteiger partial charge on any atom is -0.393 e. The van der Waals surface area contributed by atoms with Crippen LogP contribution in [0.25, 0.3) is 0 Å². The molecule has 0 amide bonds. The van der Waals surface area contributed by atoms with E-state index in [0.717, 1.165) is 12.3 Å². The van der Waals surface area contributed by atoms with Gasteiger partial charge in [0.15, 0.2) is 0 Å². The summed E-state index contributed by atoms with van der Waals surface area (Å²) in [5.41, 5.74) is 0.470. The maximum atomic E-state index is 9.86. The molecule has 2 fully saturated rings. The van der Waals surface area contributed by atoms with E-state index in [-0.39, 0.29) is 6.10 Å². The smallest absolute Gasteiger partial charge is 0.0573 e. The molecule has 1 nitrogen and oxygen atoms in total. The van der Waals surface area contributed by atoms with E-state index >= 15 is 0 Å². The summed E-state index contributed by atoms with van der Waals surface area (Å²) < 4.78 is 0. The predicted octanol–water partition coefficient (Wildman–Crippen LogP) is 2.58. The number of hydrogen-bond acceptors (Lipinski definition) is 1. The van der Waals surface area contributed by atoms with Gasteiger partial charge in [-0.3, -0.25) is 0 Å². The first kappa shape index (κ1) is 8.55. The maximum absolute atomic E-state index is 9.86. The van der Waals surface area contributed by atoms with Crippen molar-refractivity contribution >= 4 is 0 Å². The third-order valence-electron chi connectivity index (χ3n) is 4.56. The summed E-state index contributed by atoms with van der Waals surface area (Å²) in [5.74, 6) is 1.44. The van der Waals surface area contributed by atoms with Gasteiger partial charge in [0.05, 0.1) is 6.10 Å². The van der Waals surface area contributed by atoms with Gasteiger partial charge in [-0.25, -0.2) is 0 Å². The highest BCUT2D eigenvalue weighted by molar-refractivity contribution is 4.98. The third kappa shape index (κ3) is 1.02. The van der Waals surface area contributed by atoms with E-state index in [1.807, 2.05) is 0 Å². The van der Waals surface area contributed by atoms with Gasteiger partial charge < -0.3 is 5.11 Å². The second kappa shape index (κ2) is 2.73. The standard InChI is InChI=1S/C11H20O/c1-8-5-6-9-10(12)4-3-7-11(8,9)2/h8-10,12H,3-7H2,1-2H3/t8?,9-,10?,11?/m0/s1. The van der Waals surface area contributed by atoms with Crippen molar-refractivity contribution in [2.75, 3.05) is 0 Å². The van der Waals surface area contributed by atoms with Crippen molar-refractivity contribution in [2.45, 2.75) is 52.1 Å². The highest BCUT2D eigenvalue weighted by atomic mass is 16.3. The van der Waals surface area contributed by atoms with Crippen LogP contribution in [0.3, 0.4) is 0 Å². The fraction of sp³-hybridized carbons (Fsp3) is 1.00. The highest BCUT2D eigenvalue weighted by Gasteiger charge is 2.48. The SMILES string of the molecule is CC1CC[C@H]2C(O)CCCC12C.